The SMILES string of the molecule is CS(=O)(=O)c1cccc2sc(N(CCN3CCOCC3)C(=O)c3ccc(Oc4ccccc4)cc3)nc12.Cl. The summed E-state index contributed by atoms with van der Waals surface area (Å²) in [5.74, 6) is 1.13. The molecule has 1 fully saturated rings. The summed E-state index contributed by atoms with van der Waals surface area (Å²) in [6, 6.07) is 21.5. The Morgan fingerprint density at radius 1 is 1.00 bits per heavy atom. The van der Waals surface area contributed by atoms with Crippen LogP contribution in [0.2, 0.25) is 0 Å². The van der Waals surface area contributed by atoms with E-state index in [4.69, 9.17) is 9.47 Å². The largest absolute Gasteiger partial charge is 0.457 e. The first kappa shape index (κ1) is 28.0. The van der Waals surface area contributed by atoms with E-state index in [2.05, 4.69) is 9.88 Å². The van der Waals surface area contributed by atoms with Crippen LogP contribution in [0.5, 0.6) is 11.5 Å². The first-order valence-electron chi connectivity index (χ1n) is 11.9. The minimum Gasteiger partial charge on any atom is -0.457 e. The quantitative estimate of drug-likeness (QED) is 0.296. The van der Waals surface area contributed by atoms with Crippen LogP contribution < -0.4 is 9.64 Å². The number of thiazole rings is 1. The number of morpholine rings is 1. The molecule has 1 aliphatic rings. The molecule has 0 unspecified atom stereocenters. The number of fused-ring (bicyclic) bond motifs is 1. The Morgan fingerprint density at radius 2 is 1.68 bits per heavy atom. The highest BCUT2D eigenvalue weighted by Crippen LogP contribution is 2.33. The number of ether oxygens (including phenoxy) is 2. The van der Waals surface area contributed by atoms with E-state index in [1.165, 1.54) is 17.6 Å². The first-order valence-corrected chi connectivity index (χ1v) is 14.6. The van der Waals surface area contributed by atoms with Gasteiger partial charge >= 0.3 is 0 Å². The number of hydrogen-bond acceptors (Lipinski definition) is 8. The summed E-state index contributed by atoms with van der Waals surface area (Å²) in [4.78, 5) is 22.4. The number of para-hydroxylation sites is 2. The summed E-state index contributed by atoms with van der Waals surface area (Å²) in [5, 5.41) is 0.467. The van der Waals surface area contributed by atoms with Gasteiger partial charge in [-0.1, -0.05) is 35.6 Å². The highest BCUT2D eigenvalue weighted by Gasteiger charge is 2.25. The number of carbonyl (C=O) groups excluding carboxylic acids is 1. The normalized spacial score (nSPS) is 14.1. The lowest BCUT2D eigenvalue weighted by Gasteiger charge is -2.29. The molecule has 11 heteroatoms. The summed E-state index contributed by atoms with van der Waals surface area (Å²) in [5.41, 5.74) is 0.880. The smallest absolute Gasteiger partial charge is 0.260 e. The van der Waals surface area contributed by atoms with Crippen LogP contribution in [0.4, 0.5) is 5.13 Å². The van der Waals surface area contributed by atoms with E-state index in [0.29, 0.717) is 58.7 Å². The predicted molar refractivity (Wildman–Crippen MR) is 152 cm³/mol. The third kappa shape index (κ3) is 6.51. The molecule has 2 heterocycles. The minimum atomic E-state index is -3.47. The van der Waals surface area contributed by atoms with Gasteiger partial charge < -0.3 is 9.47 Å². The molecule has 0 radical (unpaired) electrons. The van der Waals surface area contributed by atoms with Gasteiger partial charge in [-0.05, 0) is 48.5 Å². The molecule has 0 atom stereocenters. The fraction of sp³-hybridized carbons (Fsp3) is 0.259. The third-order valence-electron chi connectivity index (χ3n) is 6.07. The number of amides is 1. The molecule has 8 nitrogen and oxygen atoms in total. The summed E-state index contributed by atoms with van der Waals surface area (Å²) < 4.78 is 36.7. The maximum atomic E-state index is 13.7. The summed E-state index contributed by atoms with van der Waals surface area (Å²) in [7, 11) is -3.47. The molecule has 1 amide bonds. The van der Waals surface area contributed by atoms with Gasteiger partial charge in [-0.3, -0.25) is 14.6 Å². The molecule has 0 bridgehead atoms. The van der Waals surface area contributed by atoms with Crippen LogP contribution in [0.25, 0.3) is 10.2 Å². The molecule has 0 saturated carbocycles. The number of nitrogens with zero attached hydrogens (tertiary/aromatic N) is 3. The zero-order chi connectivity index (χ0) is 25.8. The number of hydrogen-bond donors (Lipinski definition) is 0. The van der Waals surface area contributed by atoms with Crippen molar-refractivity contribution in [2.24, 2.45) is 0 Å². The molecule has 1 aliphatic heterocycles. The lowest BCUT2D eigenvalue weighted by Crippen LogP contribution is -2.43. The maximum absolute atomic E-state index is 13.7. The lowest BCUT2D eigenvalue weighted by molar-refractivity contribution is 0.0391. The van der Waals surface area contributed by atoms with Gasteiger partial charge in [0.2, 0.25) is 0 Å². The molecule has 1 aromatic heterocycles. The van der Waals surface area contributed by atoms with Gasteiger partial charge in [-0.25, -0.2) is 13.4 Å². The number of halogens is 1. The number of benzene rings is 3. The van der Waals surface area contributed by atoms with E-state index in [-0.39, 0.29) is 23.2 Å². The summed E-state index contributed by atoms with van der Waals surface area (Å²) in [6.07, 6.45) is 1.17. The van der Waals surface area contributed by atoms with Gasteiger partial charge in [0.05, 0.1) is 22.8 Å². The molecule has 0 spiro atoms. The molecular formula is C27H28ClN3O5S2. The van der Waals surface area contributed by atoms with Gasteiger partial charge in [-0.2, -0.15) is 0 Å². The second-order valence-corrected chi connectivity index (χ2v) is 11.7. The fourth-order valence-corrected chi connectivity index (χ4v) is 6.04. The van der Waals surface area contributed by atoms with Crippen molar-refractivity contribution in [2.45, 2.75) is 4.90 Å². The lowest BCUT2D eigenvalue weighted by atomic mass is 10.2. The molecular weight excluding hydrogens is 546 g/mol. The van der Waals surface area contributed by atoms with Crippen LogP contribution in [-0.4, -0.2) is 69.9 Å². The van der Waals surface area contributed by atoms with E-state index in [9.17, 15) is 13.2 Å². The number of anilines is 1. The fourth-order valence-electron chi connectivity index (χ4n) is 4.12. The highest BCUT2D eigenvalue weighted by molar-refractivity contribution is 7.91. The van der Waals surface area contributed by atoms with Crippen LogP contribution in [0, 0.1) is 0 Å². The van der Waals surface area contributed by atoms with Crippen LogP contribution in [-0.2, 0) is 14.6 Å². The van der Waals surface area contributed by atoms with E-state index in [0.717, 1.165) is 13.1 Å². The third-order valence-corrected chi connectivity index (χ3v) is 8.24. The van der Waals surface area contributed by atoms with E-state index < -0.39 is 9.84 Å². The second-order valence-electron chi connectivity index (χ2n) is 8.72. The van der Waals surface area contributed by atoms with Crippen molar-refractivity contribution < 1.29 is 22.7 Å². The Kier molecular flexibility index (Phi) is 9.01. The second kappa shape index (κ2) is 12.2. The Labute approximate surface area is 232 Å². The Bertz CT molecular complexity index is 1490. The molecule has 3 aromatic carbocycles. The zero-order valence-electron chi connectivity index (χ0n) is 20.8. The standard InChI is InChI=1S/C27H27N3O5S2.ClH/c1-37(32,33)24-9-5-8-23-25(24)28-27(36-23)30(15-14-29-16-18-34-19-17-29)26(31)20-10-12-22(13-11-20)35-21-6-3-2-4-7-21;/h2-13H,14-19H2,1H3;1H. The molecule has 1 saturated heterocycles. The molecule has 200 valence electrons. The maximum Gasteiger partial charge on any atom is 0.260 e. The van der Waals surface area contributed by atoms with E-state index in [1.807, 2.05) is 36.4 Å². The minimum absolute atomic E-state index is 0. The van der Waals surface area contributed by atoms with Crippen molar-refractivity contribution in [3.8, 4) is 11.5 Å². The average Bonchev–Trinajstić information content (AvgIpc) is 3.34. The molecule has 38 heavy (non-hydrogen) atoms. The summed E-state index contributed by atoms with van der Waals surface area (Å²) >= 11 is 1.31. The molecule has 5 rings (SSSR count). The number of sulfone groups is 1. The number of aromatic nitrogens is 1. The Hall–Kier alpha value is -3.02. The van der Waals surface area contributed by atoms with Gasteiger partial charge in [0.15, 0.2) is 15.0 Å². The van der Waals surface area contributed by atoms with Crippen molar-refractivity contribution in [1.82, 2.24) is 9.88 Å². The monoisotopic (exact) mass is 573 g/mol. The van der Waals surface area contributed by atoms with Crippen molar-refractivity contribution >= 4 is 54.8 Å². The number of carbonyl (C=O) groups is 1. The van der Waals surface area contributed by atoms with Crippen molar-refractivity contribution in [1.29, 1.82) is 0 Å². The Morgan fingerprint density at radius 3 is 2.37 bits per heavy atom. The van der Waals surface area contributed by atoms with Crippen LogP contribution in [0.15, 0.2) is 77.7 Å². The number of rotatable bonds is 8. The molecule has 4 aromatic rings. The average molecular weight is 574 g/mol. The van der Waals surface area contributed by atoms with Crippen molar-refractivity contribution in [3.63, 3.8) is 0 Å². The van der Waals surface area contributed by atoms with E-state index in [1.54, 1.807) is 41.3 Å². The van der Waals surface area contributed by atoms with E-state index >= 15 is 0 Å². The molecule has 0 aliphatic carbocycles. The van der Waals surface area contributed by atoms with Crippen molar-refractivity contribution in [2.75, 3.05) is 50.5 Å². The van der Waals surface area contributed by atoms with Gasteiger partial charge in [-0.15, -0.1) is 12.4 Å². The van der Waals surface area contributed by atoms with Crippen molar-refractivity contribution in [3.05, 3.63) is 78.4 Å². The van der Waals surface area contributed by atoms with Crippen LogP contribution >= 0.6 is 23.7 Å². The Balaban J connectivity index is 0.00000336. The van der Waals surface area contributed by atoms with Gasteiger partial charge in [0.1, 0.15) is 17.0 Å². The summed E-state index contributed by atoms with van der Waals surface area (Å²) in [6.45, 7) is 3.98. The van der Waals surface area contributed by atoms with Gasteiger partial charge in [0, 0.05) is 38.0 Å². The van der Waals surface area contributed by atoms with Crippen LogP contribution in [0.1, 0.15) is 10.4 Å². The first-order chi connectivity index (χ1) is 17.9. The zero-order valence-corrected chi connectivity index (χ0v) is 23.2. The highest BCUT2D eigenvalue weighted by atomic mass is 35.5. The predicted octanol–water partition coefficient (Wildman–Crippen LogP) is 4.89. The topological polar surface area (TPSA) is 89.0 Å². The van der Waals surface area contributed by atoms with Crippen LogP contribution in [0.3, 0.4) is 0 Å². The van der Waals surface area contributed by atoms with Gasteiger partial charge in [0.25, 0.3) is 5.91 Å². The molecule has 0 N–H and O–H groups in total.